The van der Waals surface area contributed by atoms with Gasteiger partial charge >= 0.3 is 0 Å². The smallest absolute Gasteiger partial charge is 0.194 e. The van der Waals surface area contributed by atoms with Crippen molar-refractivity contribution in [3.63, 3.8) is 0 Å². The van der Waals surface area contributed by atoms with Gasteiger partial charge in [0.05, 0.1) is 28.7 Å². The maximum Gasteiger partial charge on any atom is 0.194 e. The molecule has 0 aromatic heterocycles. The van der Waals surface area contributed by atoms with Crippen molar-refractivity contribution in [2.75, 3.05) is 39.3 Å². The van der Waals surface area contributed by atoms with Crippen molar-refractivity contribution in [3.05, 3.63) is 69.7 Å². The predicted molar refractivity (Wildman–Crippen MR) is 185 cm³/mol. The Morgan fingerprint density at radius 1 is 0.955 bits per heavy atom. The lowest BCUT2D eigenvalue weighted by atomic mass is 10.00. The molecule has 9 heteroatoms. The van der Waals surface area contributed by atoms with Crippen LogP contribution in [0.2, 0.25) is 10.0 Å². The molecule has 0 spiro atoms. The molecule has 2 aromatic carbocycles. The summed E-state index contributed by atoms with van der Waals surface area (Å²) in [5.74, 6) is 2.40. The zero-order chi connectivity index (χ0) is 31.4. The fourth-order valence-corrected chi connectivity index (χ4v) is 7.70. The number of hydrogen-bond donors (Lipinski definition) is 2. The van der Waals surface area contributed by atoms with E-state index in [9.17, 15) is 5.41 Å². The van der Waals surface area contributed by atoms with Crippen LogP contribution in [-0.2, 0) is 12.8 Å². The summed E-state index contributed by atoms with van der Waals surface area (Å²) in [5.41, 5.74) is 8.87. The van der Waals surface area contributed by atoms with Crippen LogP contribution in [0.25, 0.3) is 0 Å². The van der Waals surface area contributed by atoms with E-state index in [-0.39, 0.29) is 12.1 Å². The molecule has 240 valence electrons. The first-order valence-corrected chi connectivity index (χ1v) is 17.3. The summed E-state index contributed by atoms with van der Waals surface area (Å²) >= 11 is 12.5. The Balaban J connectivity index is 1.31. The van der Waals surface area contributed by atoms with E-state index in [1.165, 1.54) is 18.4 Å². The first-order valence-electron chi connectivity index (χ1n) is 16.5. The summed E-state index contributed by atoms with van der Waals surface area (Å²) in [5, 5.41) is 10.7. The molecule has 0 bridgehead atoms. The predicted octanol–water partition coefficient (Wildman–Crippen LogP) is 6.23. The fourth-order valence-electron chi connectivity index (χ4n) is 7.38. The Kier molecular flexibility index (Phi) is 11.0. The maximum atomic E-state index is 9.49. The third-order valence-electron chi connectivity index (χ3n) is 9.77. The van der Waals surface area contributed by atoms with Crippen molar-refractivity contribution in [1.29, 1.82) is 5.41 Å². The van der Waals surface area contributed by atoms with E-state index in [4.69, 9.17) is 28.9 Å². The highest BCUT2D eigenvalue weighted by Crippen LogP contribution is 2.29. The van der Waals surface area contributed by atoms with E-state index in [0.717, 1.165) is 64.1 Å². The molecule has 44 heavy (non-hydrogen) atoms. The van der Waals surface area contributed by atoms with Gasteiger partial charge in [-0.25, -0.2) is 0 Å². The van der Waals surface area contributed by atoms with Crippen LogP contribution >= 0.6 is 23.2 Å². The van der Waals surface area contributed by atoms with E-state index < -0.39 is 0 Å². The molecule has 2 aromatic rings. The molecule has 4 atom stereocenters. The largest absolute Gasteiger partial charge is 0.370 e. The Bertz CT molecular complexity index is 1280. The molecule has 0 aliphatic carbocycles. The van der Waals surface area contributed by atoms with Crippen molar-refractivity contribution in [1.82, 2.24) is 19.6 Å². The molecular formula is C35H51Cl2N7. The number of likely N-dealkylation sites (tertiary alicyclic amines) is 1. The molecule has 0 unspecified atom stereocenters. The highest BCUT2D eigenvalue weighted by Gasteiger charge is 2.41. The van der Waals surface area contributed by atoms with Crippen LogP contribution in [0.5, 0.6) is 0 Å². The van der Waals surface area contributed by atoms with E-state index >= 15 is 0 Å². The van der Waals surface area contributed by atoms with Gasteiger partial charge in [0, 0.05) is 38.3 Å². The van der Waals surface area contributed by atoms with E-state index in [2.05, 4.69) is 82.6 Å². The van der Waals surface area contributed by atoms with Gasteiger partial charge in [0.1, 0.15) is 0 Å². The van der Waals surface area contributed by atoms with Gasteiger partial charge in [0.25, 0.3) is 0 Å². The highest BCUT2D eigenvalue weighted by molar-refractivity contribution is 6.42. The summed E-state index contributed by atoms with van der Waals surface area (Å²) in [6, 6.07) is 18.0. The van der Waals surface area contributed by atoms with Crippen molar-refractivity contribution in [2.24, 2.45) is 22.6 Å². The molecule has 0 saturated carbocycles. The Morgan fingerprint density at radius 2 is 1.73 bits per heavy atom. The number of halogens is 2. The van der Waals surface area contributed by atoms with E-state index in [0.29, 0.717) is 45.9 Å². The second-order valence-corrected chi connectivity index (χ2v) is 14.6. The molecule has 3 aliphatic heterocycles. The van der Waals surface area contributed by atoms with Gasteiger partial charge in [-0.1, -0.05) is 87.3 Å². The normalized spacial score (nSPS) is 23.5. The van der Waals surface area contributed by atoms with Gasteiger partial charge in [-0.3, -0.25) is 15.3 Å². The summed E-state index contributed by atoms with van der Waals surface area (Å²) in [4.78, 5) is 14.4. The second-order valence-electron chi connectivity index (χ2n) is 13.7. The average Bonchev–Trinajstić information content (AvgIpc) is 3.66. The SMILES string of the molecule is CC(C)C[C@@H]1CN=C(N)N1C[C@@H]1CCCN1C[C@@H](C(C)C)N1C[C@@H](Cc2ccccc2)N(CCc2ccc(Cl)c(Cl)c2)C1=N. The van der Waals surface area contributed by atoms with E-state index in [1.54, 1.807) is 0 Å². The first-order chi connectivity index (χ1) is 21.1. The van der Waals surface area contributed by atoms with Crippen molar-refractivity contribution in [2.45, 2.75) is 84.0 Å². The maximum absolute atomic E-state index is 9.49. The van der Waals surface area contributed by atoms with Gasteiger partial charge < -0.3 is 20.4 Å². The van der Waals surface area contributed by atoms with Gasteiger partial charge in [-0.2, -0.15) is 0 Å². The first kappa shape index (κ1) is 32.9. The van der Waals surface area contributed by atoms with Crippen molar-refractivity contribution < 1.29 is 0 Å². The summed E-state index contributed by atoms with van der Waals surface area (Å²) in [6.45, 7) is 14.7. The molecule has 7 nitrogen and oxygen atoms in total. The minimum atomic E-state index is 0.237. The Morgan fingerprint density at radius 3 is 2.43 bits per heavy atom. The number of nitrogens with two attached hydrogens (primary N) is 1. The van der Waals surface area contributed by atoms with Gasteiger partial charge in [-0.15, -0.1) is 0 Å². The second kappa shape index (κ2) is 14.7. The van der Waals surface area contributed by atoms with Crippen molar-refractivity contribution in [3.8, 4) is 0 Å². The average molecular weight is 641 g/mol. The molecule has 2 fully saturated rings. The number of guanidine groups is 2. The van der Waals surface area contributed by atoms with Gasteiger partial charge in [0.2, 0.25) is 0 Å². The molecule has 0 amide bonds. The topological polar surface area (TPSA) is 75.2 Å². The lowest BCUT2D eigenvalue weighted by molar-refractivity contribution is 0.134. The molecule has 2 saturated heterocycles. The zero-order valence-corrected chi connectivity index (χ0v) is 28.4. The monoisotopic (exact) mass is 639 g/mol. The van der Waals surface area contributed by atoms with Gasteiger partial charge in [0.15, 0.2) is 11.9 Å². The van der Waals surface area contributed by atoms with Crippen LogP contribution in [0.1, 0.15) is 58.1 Å². The quantitative estimate of drug-likeness (QED) is 0.272. The number of nitrogens with one attached hydrogen (secondary N) is 1. The summed E-state index contributed by atoms with van der Waals surface area (Å²) in [7, 11) is 0. The zero-order valence-electron chi connectivity index (χ0n) is 26.9. The van der Waals surface area contributed by atoms with Crippen LogP contribution < -0.4 is 5.73 Å². The van der Waals surface area contributed by atoms with Gasteiger partial charge in [-0.05, 0) is 73.7 Å². The molecular weight excluding hydrogens is 589 g/mol. The minimum Gasteiger partial charge on any atom is -0.370 e. The molecule has 3 N–H and O–H groups in total. The number of nitrogens with zero attached hydrogens (tertiary/aromatic N) is 5. The fraction of sp³-hybridized carbons (Fsp3) is 0.600. The molecule has 0 radical (unpaired) electrons. The molecule has 5 rings (SSSR count). The number of aliphatic imine (C=N–C) groups is 1. The molecule has 3 aliphatic rings. The minimum absolute atomic E-state index is 0.237. The third-order valence-corrected chi connectivity index (χ3v) is 10.5. The Labute approximate surface area is 274 Å². The van der Waals surface area contributed by atoms with Crippen LogP contribution in [0.15, 0.2) is 53.5 Å². The van der Waals surface area contributed by atoms with Crippen molar-refractivity contribution >= 4 is 35.1 Å². The number of benzene rings is 2. The van der Waals surface area contributed by atoms with Crippen LogP contribution in [0, 0.1) is 17.2 Å². The Hall–Kier alpha value is -2.48. The third kappa shape index (κ3) is 7.83. The van der Waals surface area contributed by atoms with Crippen LogP contribution in [0.4, 0.5) is 0 Å². The number of rotatable bonds is 13. The van der Waals surface area contributed by atoms with E-state index in [1.807, 2.05) is 18.2 Å². The lowest BCUT2D eigenvalue weighted by Gasteiger charge is -2.39. The molecule has 3 heterocycles. The van der Waals surface area contributed by atoms with Crippen LogP contribution in [0.3, 0.4) is 0 Å². The number of hydrogen-bond acceptors (Lipinski definition) is 5. The summed E-state index contributed by atoms with van der Waals surface area (Å²) in [6.07, 6.45) is 5.25. The van der Waals surface area contributed by atoms with Crippen LogP contribution in [-0.4, -0.2) is 95.0 Å². The summed E-state index contributed by atoms with van der Waals surface area (Å²) < 4.78 is 0. The highest BCUT2D eigenvalue weighted by atomic mass is 35.5. The standard InChI is InChI=1S/C35H51Cl2N7/c1-24(2)17-29-20-40-34(38)43(29)21-28-11-8-15-41(28)23-33(25(3)4)44-22-30(18-26-9-6-5-7-10-26)42(35(44)39)16-14-27-12-13-31(36)32(37)19-27/h5-7,9-10,12-13,19,24-25,28-30,33,39H,8,11,14-18,20-23H2,1-4H3,(H2,38,40)/t28-,29+,30+,33-/m0/s1. The lowest BCUT2D eigenvalue weighted by Crippen LogP contribution is -2.53.